The fourth-order valence-electron chi connectivity index (χ4n) is 2.49. The zero-order valence-corrected chi connectivity index (χ0v) is 18.6. The minimum absolute atomic E-state index is 0. The van der Waals surface area contributed by atoms with Gasteiger partial charge in [-0.15, -0.1) is 24.0 Å². The molecule has 0 fully saturated rings. The van der Waals surface area contributed by atoms with Crippen molar-refractivity contribution in [2.75, 3.05) is 12.8 Å². The number of aliphatic imine (C=N–C) groups is 1. The van der Waals surface area contributed by atoms with Crippen LogP contribution in [0.5, 0.6) is 0 Å². The molecule has 1 aromatic heterocycles. The molecule has 0 aliphatic heterocycles. The van der Waals surface area contributed by atoms with Crippen LogP contribution in [0.15, 0.2) is 40.5 Å². The van der Waals surface area contributed by atoms with E-state index in [1.807, 2.05) is 39.2 Å². The van der Waals surface area contributed by atoms with Gasteiger partial charge in [-0.05, 0) is 31.0 Å². The van der Waals surface area contributed by atoms with Crippen LogP contribution in [0.25, 0.3) is 0 Å². The van der Waals surface area contributed by atoms with Gasteiger partial charge in [0.15, 0.2) is 15.8 Å². The predicted molar refractivity (Wildman–Crippen MR) is 115 cm³/mol. The molecule has 9 heteroatoms. The number of guanidine groups is 1. The Balaban J connectivity index is 0.00000338. The van der Waals surface area contributed by atoms with Crippen molar-refractivity contribution in [3.63, 3.8) is 0 Å². The second kappa shape index (κ2) is 9.91. The van der Waals surface area contributed by atoms with Crippen LogP contribution >= 0.6 is 24.0 Å². The fraction of sp³-hybridized carbons (Fsp3) is 0.412. The van der Waals surface area contributed by atoms with Crippen molar-refractivity contribution in [3.8, 4) is 0 Å². The Labute approximate surface area is 172 Å². The van der Waals surface area contributed by atoms with Crippen LogP contribution < -0.4 is 10.6 Å². The lowest BCUT2D eigenvalue weighted by atomic mass is 10.1. The summed E-state index contributed by atoms with van der Waals surface area (Å²) < 4.78 is 25.1. The van der Waals surface area contributed by atoms with Gasteiger partial charge in [0.05, 0.1) is 17.6 Å². The summed E-state index contributed by atoms with van der Waals surface area (Å²) in [6, 6.07) is 5.36. The molecule has 2 N–H and O–H groups in total. The summed E-state index contributed by atoms with van der Waals surface area (Å²) in [5.41, 5.74) is 2.78. The van der Waals surface area contributed by atoms with Crippen molar-refractivity contribution in [2.24, 2.45) is 12.0 Å². The molecule has 0 amide bonds. The van der Waals surface area contributed by atoms with Gasteiger partial charge in [-0.25, -0.2) is 13.4 Å². The average Bonchev–Trinajstić information content (AvgIpc) is 2.94. The van der Waals surface area contributed by atoms with Gasteiger partial charge in [0.2, 0.25) is 0 Å². The maximum atomic E-state index is 11.7. The monoisotopic (exact) mass is 491 g/mol. The van der Waals surface area contributed by atoms with Gasteiger partial charge in [-0.3, -0.25) is 4.68 Å². The Morgan fingerprint density at radius 3 is 2.54 bits per heavy atom. The highest BCUT2D eigenvalue weighted by Gasteiger charge is 2.11. The van der Waals surface area contributed by atoms with Crippen molar-refractivity contribution in [1.82, 2.24) is 20.4 Å². The second-order valence-electron chi connectivity index (χ2n) is 5.94. The first-order valence-electron chi connectivity index (χ1n) is 8.09. The number of halogens is 1. The highest BCUT2D eigenvalue weighted by atomic mass is 127. The van der Waals surface area contributed by atoms with Crippen molar-refractivity contribution < 1.29 is 8.42 Å². The number of nitrogens with one attached hydrogen (secondary N) is 2. The number of hydrogen-bond donors (Lipinski definition) is 2. The van der Waals surface area contributed by atoms with Gasteiger partial charge in [0, 0.05) is 38.2 Å². The lowest BCUT2D eigenvalue weighted by Crippen LogP contribution is -2.36. The maximum Gasteiger partial charge on any atom is 0.191 e. The molecule has 26 heavy (non-hydrogen) atoms. The van der Waals surface area contributed by atoms with Gasteiger partial charge in [0.25, 0.3) is 0 Å². The molecule has 0 unspecified atom stereocenters. The Kier molecular flexibility index (Phi) is 8.54. The number of benzene rings is 1. The second-order valence-corrected chi connectivity index (χ2v) is 7.93. The minimum atomic E-state index is -3.19. The summed E-state index contributed by atoms with van der Waals surface area (Å²) in [5.74, 6) is 0.705. The van der Waals surface area contributed by atoms with Crippen LogP contribution in [-0.4, -0.2) is 37.0 Å². The van der Waals surface area contributed by atoms with E-state index in [4.69, 9.17) is 0 Å². The van der Waals surface area contributed by atoms with Crippen molar-refractivity contribution in [3.05, 3.63) is 47.3 Å². The SMILES string of the molecule is CCNC(=NCc1cnn(C)c1)NCc1ccc(S(C)(=O)=O)c(C)c1.I. The van der Waals surface area contributed by atoms with E-state index in [0.717, 1.165) is 23.2 Å². The first-order valence-corrected chi connectivity index (χ1v) is 9.98. The molecule has 0 saturated heterocycles. The quantitative estimate of drug-likeness (QED) is 0.367. The molecule has 0 aliphatic carbocycles. The average molecular weight is 491 g/mol. The predicted octanol–water partition coefficient (Wildman–Crippen LogP) is 2.01. The Bertz CT molecular complexity index is 862. The summed E-state index contributed by atoms with van der Waals surface area (Å²) in [4.78, 5) is 4.91. The number of aromatic nitrogens is 2. The summed E-state index contributed by atoms with van der Waals surface area (Å²) in [6.45, 7) is 5.66. The van der Waals surface area contributed by atoms with Gasteiger partial charge >= 0.3 is 0 Å². The number of nitrogens with zero attached hydrogens (tertiary/aromatic N) is 3. The lowest BCUT2D eigenvalue weighted by Gasteiger charge is -2.12. The van der Waals surface area contributed by atoms with Gasteiger partial charge < -0.3 is 10.6 Å². The molecular weight excluding hydrogens is 465 g/mol. The summed E-state index contributed by atoms with van der Waals surface area (Å²) in [5, 5.41) is 10.6. The molecule has 1 heterocycles. The normalized spacial score (nSPS) is 11.8. The molecule has 1 aromatic carbocycles. The number of aryl methyl sites for hydroxylation is 2. The number of hydrogen-bond acceptors (Lipinski definition) is 4. The number of sulfone groups is 1. The highest BCUT2D eigenvalue weighted by molar-refractivity contribution is 14.0. The van der Waals surface area contributed by atoms with Crippen molar-refractivity contribution in [1.29, 1.82) is 0 Å². The van der Waals surface area contributed by atoms with Crippen LogP contribution in [0.4, 0.5) is 0 Å². The minimum Gasteiger partial charge on any atom is -0.357 e. The summed E-state index contributed by atoms with van der Waals surface area (Å²) in [6.07, 6.45) is 4.95. The van der Waals surface area contributed by atoms with E-state index in [1.54, 1.807) is 16.9 Å². The lowest BCUT2D eigenvalue weighted by molar-refractivity contribution is 0.601. The van der Waals surface area contributed by atoms with E-state index in [2.05, 4.69) is 20.7 Å². The van der Waals surface area contributed by atoms with Crippen LogP contribution in [0.3, 0.4) is 0 Å². The molecule has 0 spiro atoms. The molecule has 7 nitrogen and oxygen atoms in total. The van der Waals surface area contributed by atoms with E-state index in [0.29, 0.717) is 23.9 Å². The van der Waals surface area contributed by atoms with E-state index >= 15 is 0 Å². The molecule has 0 bridgehead atoms. The maximum absolute atomic E-state index is 11.7. The van der Waals surface area contributed by atoms with Crippen LogP contribution in [0.1, 0.15) is 23.6 Å². The molecular formula is C17H26IN5O2S. The number of rotatable bonds is 6. The van der Waals surface area contributed by atoms with Gasteiger partial charge in [0.1, 0.15) is 0 Å². The largest absolute Gasteiger partial charge is 0.357 e. The smallest absolute Gasteiger partial charge is 0.191 e. The third-order valence-electron chi connectivity index (χ3n) is 3.62. The molecule has 2 aromatic rings. The van der Waals surface area contributed by atoms with Gasteiger partial charge in [-0.1, -0.05) is 12.1 Å². The van der Waals surface area contributed by atoms with Crippen LogP contribution in [0.2, 0.25) is 0 Å². The topological polar surface area (TPSA) is 88.4 Å². The Morgan fingerprint density at radius 2 is 2.00 bits per heavy atom. The fourth-order valence-corrected chi connectivity index (χ4v) is 3.45. The van der Waals surface area contributed by atoms with Crippen molar-refractivity contribution >= 4 is 39.8 Å². The summed E-state index contributed by atoms with van der Waals surface area (Å²) >= 11 is 0. The molecule has 0 aliphatic rings. The van der Waals surface area contributed by atoms with Crippen LogP contribution in [0, 0.1) is 6.92 Å². The molecule has 2 rings (SSSR count). The van der Waals surface area contributed by atoms with Crippen molar-refractivity contribution in [2.45, 2.75) is 31.8 Å². The third kappa shape index (κ3) is 6.60. The highest BCUT2D eigenvalue weighted by Crippen LogP contribution is 2.16. The standard InChI is InChI=1S/C17H25N5O2S.HI/c1-5-18-17(20-10-15-11-21-22(3)12-15)19-9-14-6-7-16(13(2)8-14)25(4,23)24;/h6-8,11-12H,5,9-10H2,1-4H3,(H2,18,19,20);1H. The first-order chi connectivity index (χ1) is 11.8. The Morgan fingerprint density at radius 1 is 1.27 bits per heavy atom. The molecule has 0 saturated carbocycles. The van der Waals surface area contributed by atoms with Crippen LogP contribution in [-0.2, 0) is 30.0 Å². The first kappa shape index (κ1) is 22.4. The van der Waals surface area contributed by atoms with E-state index in [9.17, 15) is 8.42 Å². The Hall–Kier alpha value is -1.62. The van der Waals surface area contributed by atoms with E-state index in [-0.39, 0.29) is 24.0 Å². The van der Waals surface area contributed by atoms with E-state index < -0.39 is 9.84 Å². The molecule has 0 radical (unpaired) electrons. The summed E-state index contributed by atoms with van der Waals surface area (Å²) in [7, 11) is -1.32. The third-order valence-corrected chi connectivity index (χ3v) is 4.88. The molecule has 144 valence electrons. The zero-order chi connectivity index (χ0) is 18.4. The van der Waals surface area contributed by atoms with Gasteiger partial charge in [-0.2, -0.15) is 5.10 Å². The van der Waals surface area contributed by atoms with E-state index in [1.165, 1.54) is 6.26 Å². The zero-order valence-electron chi connectivity index (χ0n) is 15.5. The molecule has 0 atom stereocenters.